The average molecular weight is 1450 g/mol. The second-order valence-electron chi connectivity index (χ2n) is 20.9. The Morgan fingerprint density at radius 1 is 0.262 bits per heavy atom. The van der Waals surface area contributed by atoms with Gasteiger partial charge in [-0.15, -0.1) is 0 Å². The number of aromatic nitrogens is 7. The molecule has 0 aliphatic carbocycles. The summed E-state index contributed by atoms with van der Waals surface area (Å²) >= 11 is 0. The maximum Gasteiger partial charge on any atom is 0.356 e. The first-order valence-corrected chi connectivity index (χ1v) is 33.6. The summed E-state index contributed by atoms with van der Waals surface area (Å²) in [6.45, 7) is 16.0. The number of methoxy groups -OCH3 is 5. The fourth-order valence-electron chi connectivity index (χ4n) is 9.39. The van der Waals surface area contributed by atoms with E-state index in [2.05, 4.69) is 64.3 Å². The molecular formula is C84H87N9O14. The van der Waals surface area contributed by atoms with E-state index < -0.39 is 41.8 Å². The van der Waals surface area contributed by atoms with Crippen molar-refractivity contribution in [2.24, 2.45) is 5.73 Å². The van der Waals surface area contributed by atoms with Crippen LogP contribution in [-0.2, 0) is 23.7 Å². The van der Waals surface area contributed by atoms with E-state index in [0.29, 0.717) is 39.5 Å². The number of nitrogens with two attached hydrogens (primary N) is 2. The summed E-state index contributed by atoms with van der Waals surface area (Å²) in [6.07, 6.45) is 0. The van der Waals surface area contributed by atoms with Crippen molar-refractivity contribution in [3.05, 3.63) is 288 Å². The van der Waals surface area contributed by atoms with Crippen molar-refractivity contribution in [2.45, 2.75) is 55.4 Å². The van der Waals surface area contributed by atoms with Gasteiger partial charge >= 0.3 is 41.8 Å². The lowest BCUT2D eigenvalue weighted by Gasteiger charge is -2.03. The number of carbonyl (C=O) groups is 7. The van der Waals surface area contributed by atoms with E-state index in [9.17, 15) is 33.6 Å². The van der Waals surface area contributed by atoms with Gasteiger partial charge in [-0.1, -0.05) is 181 Å². The maximum atomic E-state index is 11.3. The SMILES string of the molecule is CC.CC.CC.CN.COC(=O)c1ccc2c(C)cccc2n1.COC(=O)c1ccc2c(N)cccc2n1.COC(=O)c1ccc2ccccc2n1.COC(=O)c1ccc2ccccc2n1.COC(=O)c1ccc2ccccc2n1.Cc1cccc2nc(C(=O)O)ccc12.O=C(O)c1ccc2ccccc2n1. The molecule has 7 aromatic carbocycles. The Morgan fingerprint density at radius 2 is 0.467 bits per heavy atom. The molecule has 0 aliphatic rings. The minimum Gasteiger partial charge on any atom is -0.477 e. The molecule has 0 unspecified atom stereocenters. The van der Waals surface area contributed by atoms with Crippen LogP contribution < -0.4 is 11.5 Å². The zero-order valence-corrected chi connectivity index (χ0v) is 62.1. The number of aromatic carboxylic acids is 2. The van der Waals surface area contributed by atoms with E-state index in [0.717, 1.165) is 76.4 Å². The van der Waals surface area contributed by atoms with E-state index in [-0.39, 0.29) is 17.1 Å². The lowest BCUT2D eigenvalue weighted by atomic mass is 10.1. The lowest BCUT2D eigenvalue weighted by molar-refractivity contribution is 0.0586. The third-order valence-corrected chi connectivity index (χ3v) is 14.5. The molecule has 14 rings (SSSR count). The topological polar surface area (TPSA) is 348 Å². The van der Waals surface area contributed by atoms with Gasteiger partial charge in [0.25, 0.3) is 0 Å². The van der Waals surface area contributed by atoms with E-state index >= 15 is 0 Å². The lowest BCUT2D eigenvalue weighted by Crippen LogP contribution is -2.04. The van der Waals surface area contributed by atoms with Crippen LogP contribution in [0.4, 0.5) is 5.69 Å². The summed E-state index contributed by atoms with van der Waals surface area (Å²) in [7, 11) is 8.22. The molecule has 23 nitrogen and oxygen atoms in total. The number of aryl methyl sites for hydroxylation is 2. The van der Waals surface area contributed by atoms with Gasteiger partial charge < -0.3 is 45.4 Å². The zero-order chi connectivity index (χ0) is 79.0. The van der Waals surface area contributed by atoms with Crippen molar-refractivity contribution >= 4 is 124 Å². The quantitative estimate of drug-likeness (QED) is 0.0654. The normalized spacial score (nSPS) is 9.64. The highest BCUT2D eigenvalue weighted by Crippen LogP contribution is 2.22. The van der Waals surface area contributed by atoms with Gasteiger partial charge in [0, 0.05) is 43.4 Å². The van der Waals surface area contributed by atoms with Crippen molar-refractivity contribution < 1.29 is 67.5 Å². The van der Waals surface area contributed by atoms with Crippen molar-refractivity contribution in [1.82, 2.24) is 34.9 Å². The highest BCUT2D eigenvalue weighted by Gasteiger charge is 2.13. The number of esters is 5. The van der Waals surface area contributed by atoms with Gasteiger partial charge in [-0.3, -0.25) is 0 Å². The van der Waals surface area contributed by atoms with E-state index in [1.54, 1.807) is 72.8 Å². The van der Waals surface area contributed by atoms with Gasteiger partial charge in [-0.2, -0.15) is 0 Å². The molecule has 0 amide bonds. The predicted molar refractivity (Wildman–Crippen MR) is 421 cm³/mol. The van der Waals surface area contributed by atoms with Gasteiger partial charge in [0.1, 0.15) is 39.9 Å². The molecule has 0 radical (unpaired) electrons. The Bertz CT molecular complexity index is 4980. The minimum atomic E-state index is -0.995. The first kappa shape index (κ1) is 85.9. The number of ether oxygens (including phenoxy) is 5. The fraction of sp³-hybridized carbons (Fsp3) is 0.167. The molecule has 14 aromatic rings. The number of rotatable bonds is 7. The number of para-hydroxylation sites is 4. The van der Waals surface area contributed by atoms with Crippen LogP contribution in [0.5, 0.6) is 0 Å². The van der Waals surface area contributed by atoms with Gasteiger partial charge in [0.15, 0.2) is 0 Å². The number of hydrogen-bond acceptors (Lipinski definition) is 21. The molecule has 0 aliphatic heterocycles. The summed E-state index contributed by atoms with van der Waals surface area (Å²) < 4.78 is 22.9. The third kappa shape index (κ3) is 25.1. The number of benzene rings is 7. The molecule has 107 heavy (non-hydrogen) atoms. The Hall–Kier alpha value is -13.5. The summed E-state index contributed by atoms with van der Waals surface area (Å²) in [4.78, 5) is 106. The molecular weight excluding hydrogens is 1360 g/mol. The third-order valence-electron chi connectivity index (χ3n) is 14.5. The molecule has 0 saturated heterocycles. The standard InChI is InChI=1S/C12H11NO2.C11H10N2O2.4C11H9NO2.C10H7NO2.3C2H6.CH5N/c1-8-4-3-5-10-9(8)6-7-11(13-10)12(14)15-2;1-15-11(14)10-6-5-7-8(12)3-2-4-9(7)13-10;1-7-3-2-4-9-8(7)5-6-10(12-9)11(13)14;3*1-14-11(13)10-7-6-8-4-2-3-5-9(8)12-10;12-10(13)9-6-5-7-3-1-2-4-8(7)11-9;4*1-2/h3-7H,1-2H3;2-6H,12H2,1H3;2-6H,1H3,(H,13,14);3*2-7H,1H3;1-6H,(H,12,13);3*1-2H3;2H2,1H3. The second-order valence-corrected chi connectivity index (χ2v) is 20.9. The van der Waals surface area contributed by atoms with Crippen LogP contribution in [0.15, 0.2) is 237 Å². The molecule has 6 N–H and O–H groups in total. The van der Waals surface area contributed by atoms with Crippen molar-refractivity contribution in [1.29, 1.82) is 0 Å². The first-order chi connectivity index (χ1) is 51.8. The van der Waals surface area contributed by atoms with Crippen LogP contribution in [-0.4, -0.2) is 129 Å². The Kier molecular flexibility index (Phi) is 36.5. The van der Waals surface area contributed by atoms with Gasteiger partial charge in [0.05, 0.1) is 74.2 Å². The monoisotopic (exact) mass is 1450 g/mol. The van der Waals surface area contributed by atoms with E-state index in [1.165, 1.54) is 54.7 Å². The number of anilines is 1. The molecule has 552 valence electrons. The van der Waals surface area contributed by atoms with Crippen molar-refractivity contribution in [2.75, 3.05) is 48.3 Å². The molecule has 7 heterocycles. The second kappa shape index (κ2) is 45.4. The minimum absolute atomic E-state index is 0.0821. The van der Waals surface area contributed by atoms with Crippen molar-refractivity contribution in [3.63, 3.8) is 0 Å². The largest absolute Gasteiger partial charge is 0.477 e. The van der Waals surface area contributed by atoms with E-state index in [1.807, 2.05) is 207 Å². The summed E-state index contributed by atoms with van der Waals surface area (Å²) in [5, 5.41) is 24.3. The van der Waals surface area contributed by atoms with Crippen LogP contribution >= 0.6 is 0 Å². The maximum absolute atomic E-state index is 11.3. The molecule has 0 fully saturated rings. The highest BCUT2D eigenvalue weighted by atomic mass is 16.5. The van der Waals surface area contributed by atoms with Crippen LogP contribution in [0.1, 0.15) is 126 Å². The average Bonchev–Trinajstić information content (AvgIpc) is 0.839. The Labute approximate surface area is 620 Å². The number of pyridine rings is 7. The number of carboxylic acids is 2. The summed E-state index contributed by atoms with van der Waals surface area (Å²) in [6, 6.07) is 71.3. The first-order valence-electron chi connectivity index (χ1n) is 33.6. The highest BCUT2D eigenvalue weighted by molar-refractivity contribution is 5.97. The summed E-state index contributed by atoms with van der Waals surface area (Å²) in [5.74, 6) is -4.06. The molecule has 23 heteroatoms. The van der Waals surface area contributed by atoms with Crippen molar-refractivity contribution in [3.8, 4) is 0 Å². The summed E-state index contributed by atoms with van der Waals surface area (Å²) in [5.41, 5.74) is 20.3. The molecule has 0 saturated carbocycles. The van der Waals surface area contributed by atoms with Crippen LogP contribution in [0, 0.1) is 13.8 Å². The Morgan fingerprint density at radius 3 is 0.757 bits per heavy atom. The predicted octanol–water partition coefficient (Wildman–Crippen LogP) is 16.8. The van der Waals surface area contributed by atoms with Gasteiger partial charge in [-0.25, -0.2) is 68.4 Å². The molecule has 0 bridgehead atoms. The smallest absolute Gasteiger partial charge is 0.356 e. The number of nitrogen functional groups attached to an aromatic ring is 1. The van der Waals surface area contributed by atoms with Crippen LogP contribution in [0.2, 0.25) is 0 Å². The number of carbonyl (C=O) groups excluding carboxylic acids is 5. The number of hydrogen-bond donors (Lipinski definition) is 4. The van der Waals surface area contributed by atoms with Gasteiger partial charge in [0.2, 0.25) is 0 Å². The molecule has 0 atom stereocenters. The Balaban J connectivity index is 0.000000260. The number of carboxylic acid groups (broad SMARTS) is 2. The fourth-order valence-corrected chi connectivity index (χ4v) is 9.39. The zero-order valence-electron chi connectivity index (χ0n) is 62.1. The van der Waals surface area contributed by atoms with Gasteiger partial charge in [-0.05, 0) is 129 Å². The number of fused-ring (bicyclic) bond motifs is 7. The molecule has 0 spiro atoms. The van der Waals surface area contributed by atoms with Crippen LogP contribution in [0.3, 0.4) is 0 Å². The molecule has 7 aromatic heterocycles. The van der Waals surface area contributed by atoms with E-state index in [4.69, 9.17) is 15.9 Å². The van der Waals surface area contributed by atoms with Crippen LogP contribution in [0.25, 0.3) is 76.3 Å². The number of nitrogens with zero attached hydrogens (tertiary/aromatic N) is 7.